The molecule has 0 aromatic rings. The van der Waals surface area contributed by atoms with Gasteiger partial charge in [0.05, 0.1) is 0 Å². The number of hydrogen-bond acceptors (Lipinski definition) is 4. The first-order valence-corrected chi connectivity index (χ1v) is 4.37. The molecule has 0 aromatic heterocycles. The molecular weight excluding hydrogens is 154 g/mol. The van der Waals surface area contributed by atoms with Crippen LogP contribution in [0.5, 0.6) is 0 Å². The van der Waals surface area contributed by atoms with E-state index in [4.69, 9.17) is 5.84 Å². The van der Waals surface area contributed by atoms with Crippen molar-refractivity contribution in [3.05, 3.63) is 0 Å². The van der Waals surface area contributed by atoms with Crippen LogP contribution >= 0.6 is 0 Å². The first kappa shape index (κ1) is 9.92. The van der Waals surface area contributed by atoms with Crippen molar-refractivity contribution < 1.29 is 5.21 Å². The van der Waals surface area contributed by atoms with Crippen LogP contribution < -0.4 is 11.3 Å². The van der Waals surface area contributed by atoms with Gasteiger partial charge in [-0.3, -0.25) is 11.3 Å². The lowest BCUT2D eigenvalue weighted by molar-refractivity contribution is -0.129. The average molecular weight is 173 g/mol. The summed E-state index contributed by atoms with van der Waals surface area (Å²) in [6.45, 7) is 7.00. The molecule has 2 atom stereocenters. The second kappa shape index (κ2) is 3.30. The van der Waals surface area contributed by atoms with Gasteiger partial charge in [0, 0.05) is 18.6 Å². The van der Waals surface area contributed by atoms with Crippen molar-refractivity contribution in [3.8, 4) is 0 Å². The summed E-state index contributed by atoms with van der Waals surface area (Å²) < 4.78 is 0. The number of nitrogens with one attached hydrogen (secondary N) is 1. The van der Waals surface area contributed by atoms with Crippen LogP contribution in [0.2, 0.25) is 0 Å². The summed E-state index contributed by atoms with van der Waals surface area (Å²) in [6.07, 6.45) is 0.913. The molecule has 1 aliphatic heterocycles. The lowest BCUT2D eigenvalue weighted by Gasteiger charge is -2.30. The van der Waals surface area contributed by atoms with E-state index in [2.05, 4.69) is 26.2 Å². The van der Waals surface area contributed by atoms with Crippen molar-refractivity contribution in [2.24, 2.45) is 11.3 Å². The molecule has 1 fully saturated rings. The number of rotatable bonds is 1. The Hall–Kier alpha value is -0.160. The fourth-order valence-electron chi connectivity index (χ4n) is 1.74. The van der Waals surface area contributed by atoms with Gasteiger partial charge in [-0.2, -0.15) is 5.06 Å². The van der Waals surface area contributed by atoms with Gasteiger partial charge in [-0.25, -0.2) is 0 Å². The van der Waals surface area contributed by atoms with Crippen LogP contribution in [0.1, 0.15) is 27.2 Å². The number of hydrazine groups is 1. The smallest absolute Gasteiger partial charge is 0.0415 e. The highest BCUT2D eigenvalue weighted by Gasteiger charge is 2.38. The van der Waals surface area contributed by atoms with Crippen LogP contribution in [0.25, 0.3) is 0 Å². The standard InChI is InChI=1S/C8H19N3O/c1-8(2,3)7-4-6(10-9)5-11(7)12/h6-7,10,12H,4-5,9H2,1-3H3. The van der Waals surface area contributed by atoms with E-state index < -0.39 is 0 Å². The molecule has 72 valence electrons. The molecule has 1 heterocycles. The molecule has 0 saturated carbocycles. The van der Waals surface area contributed by atoms with E-state index in [1.807, 2.05) is 0 Å². The third kappa shape index (κ3) is 1.95. The minimum Gasteiger partial charge on any atom is -0.314 e. The van der Waals surface area contributed by atoms with Crippen molar-refractivity contribution in [3.63, 3.8) is 0 Å². The molecule has 0 bridgehead atoms. The molecule has 1 rings (SSSR count). The normalized spacial score (nSPS) is 32.8. The monoisotopic (exact) mass is 173 g/mol. The zero-order valence-corrected chi connectivity index (χ0v) is 8.04. The van der Waals surface area contributed by atoms with Crippen molar-refractivity contribution in [2.45, 2.75) is 39.3 Å². The third-order valence-corrected chi connectivity index (χ3v) is 2.51. The van der Waals surface area contributed by atoms with Gasteiger partial charge in [0.15, 0.2) is 0 Å². The van der Waals surface area contributed by atoms with E-state index in [1.54, 1.807) is 0 Å². The molecule has 4 heteroatoms. The maximum atomic E-state index is 9.56. The topological polar surface area (TPSA) is 61.5 Å². The maximum Gasteiger partial charge on any atom is 0.0415 e. The molecule has 0 amide bonds. The minimum atomic E-state index is 0.111. The van der Waals surface area contributed by atoms with Crippen LogP contribution in [-0.2, 0) is 0 Å². The van der Waals surface area contributed by atoms with E-state index in [9.17, 15) is 5.21 Å². The molecule has 4 N–H and O–H groups in total. The quantitative estimate of drug-likeness (QED) is 0.395. The van der Waals surface area contributed by atoms with Crippen LogP contribution in [0.4, 0.5) is 0 Å². The third-order valence-electron chi connectivity index (χ3n) is 2.51. The van der Waals surface area contributed by atoms with E-state index in [0.29, 0.717) is 6.54 Å². The predicted octanol–water partition coefficient (Wildman–Crippen LogP) is 0.328. The highest BCUT2D eigenvalue weighted by atomic mass is 16.5. The van der Waals surface area contributed by atoms with Gasteiger partial charge in [-0.15, -0.1) is 0 Å². The number of hydrogen-bond donors (Lipinski definition) is 3. The van der Waals surface area contributed by atoms with Crippen LogP contribution in [0.3, 0.4) is 0 Å². The van der Waals surface area contributed by atoms with Crippen molar-refractivity contribution in [1.29, 1.82) is 0 Å². The van der Waals surface area contributed by atoms with Gasteiger partial charge in [0.1, 0.15) is 0 Å². The van der Waals surface area contributed by atoms with Crippen molar-refractivity contribution in [1.82, 2.24) is 10.5 Å². The first-order chi connectivity index (χ1) is 5.45. The van der Waals surface area contributed by atoms with E-state index in [0.717, 1.165) is 6.42 Å². The number of nitrogens with zero attached hydrogens (tertiary/aromatic N) is 1. The fraction of sp³-hybridized carbons (Fsp3) is 1.00. The highest BCUT2D eigenvalue weighted by molar-refractivity contribution is 4.90. The van der Waals surface area contributed by atoms with Gasteiger partial charge in [0.2, 0.25) is 0 Å². The second-order valence-electron chi connectivity index (χ2n) is 4.60. The second-order valence-corrected chi connectivity index (χ2v) is 4.60. The molecule has 1 aliphatic rings. The van der Waals surface area contributed by atoms with E-state index in [1.165, 1.54) is 5.06 Å². The Morgan fingerprint density at radius 3 is 2.33 bits per heavy atom. The summed E-state index contributed by atoms with van der Waals surface area (Å²) in [6, 6.07) is 0.428. The Bertz CT molecular complexity index is 155. The summed E-state index contributed by atoms with van der Waals surface area (Å²) >= 11 is 0. The maximum absolute atomic E-state index is 9.56. The lowest BCUT2D eigenvalue weighted by atomic mass is 9.85. The zero-order valence-electron chi connectivity index (χ0n) is 8.04. The molecule has 0 aromatic carbocycles. The summed E-state index contributed by atoms with van der Waals surface area (Å²) in [4.78, 5) is 0. The summed E-state index contributed by atoms with van der Waals surface area (Å²) in [5.74, 6) is 5.31. The Balaban J connectivity index is 2.58. The first-order valence-electron chi connectivity index (χ1n) is 4.37. The largest absolute Gasteiger partial charge is 0.314 e. The van der Waals surface area contributed by atoms with Gasteiger partial charge in [0.25, 0.3) is 0 Å². The average Bonchev–Trinajstić information content (AvgIpc) is 2.29. The SMILES string of the molecule is CC(C)(C)C1CC(NN)CN1O. The molecule has 0 spiro atoms. The Morgan fingerprint density at radius 2 is 2.08 bits per heavy atom. The number of nitrogens with two attached hydrogens (primary N) is 1. The lowest BCUT2D eigenvalue weighted by Crippen LogP contribution is -2.37. The fourth-order valence-corrected chi connectivity index (χ4v) is 1.74. The van der Waals surface area contributed by atoms with Gasteiger partial charge in [-0.05, 0) is 11.8 Å². The molecule has 4 nitrogen and oxygen atoms in total. The van der Waals surface area contributed by atoms with Crippen LogP contribution in [0.15, 0.2) is 0 Å². The van der Waals surface area contributed by atoms with Crippen molar-refractivity contribution in [2.75, 3.05) is 6.54 Å². The Labute approximate surface area is 73.7 Å². The van der Waals surface area contributed by atoms with Crippen LogP contribution in [0, 0.1) is 5.41 Å². The van der Waals surface area contributed by atoms with Gasteiger partial charge >= 0.3 is 0 Å². The van der Waals surface area contributed by atoms with E-state index >= 15 is 0 Å². The zero-order chi connectivity index (χ0) is 9.35. The molecular formula is C8H19N3O. The summed E-state index contributed by atoms with van der Waals surface area (Å²) in [7, 11) is 0. The van der Waals surface area contributed by atoms with E-state index in [-0.39, 0.29) is 17.5 Å². The molecule has 0 aliphatic carbocycles. The Morgan fingerprint density at radius 1 is 1.50 bits per heavy atom. The molecule has 1 saturated heterocycles. The van der Waals surface area contributed by atoms with Gasteiger partial charge in [-0.1, -0.05) is 20.8 Å². The van der Waals surface area contributed by atoms with Crippen molar-refractivity contribution >= 4 is 0 Å². The molecule has 2 unspecified atom stereocenters. The Kier molecular flexibility index (Phi) is 2.73. The summed E-state index contributed by atoms with van der Waals surface area (Å²) in [5, 5.41) is 11.0. The van der Waals surface area contributed by atoms with Gasteiger partial charge < -0.3 is 5.21 Å². The minimum absolute atomic E-state index is 0.111. The predicted molar refractivity (Wildman–Crippen MR) is 47.5 cm³/mol. The summed E-state index contributed by atoms with van der Waals surface area (Å²) in [5.41, 5.74) is 2.81. The highest BCUT2D eigenvalue weighted by Crippen LogP contribution is 2.31. The molecule has 12 heavy (non-hydrogen) atoms. The molecule has 0 radical (unpaired) electrons. The number of hydroxylamine groups is 2. The van der Waals surface area contributed by atoms with Crippen LogP contribution in [-0.4, -0.2) is 28.9 Å².